The van der Waals surface area contributed by atoms with E-state index in [1.165, 1.54) is 22.3 Å². The molecule has 3 aliphatic rings. The third kappa shape index (κ3) is 2.86. The van der Waals surface area contributed by atoms with Crippen molar-refractivity contribution in [1.82, 2.24) is 25.0 Å². The number of fused-ring (bicyclic) bond motifs is 4. The third-order valence-corrected chi connectivity index (χ3v) is 6.84. The fourth-order valence-corrected chi connectivity index (χ4v) is 5.22. The molecule has 1 amide bonds. The van der Waals surface area contributed by atoms with Gasteiger partial charge in [-0.25, -0.2) is 0 Å². The Morgan fingerprint density at radius 3 is 2.70 bits per heavy atom. The van der Waals surface area contributed by atoms with E-state index in [-0.39, 0.29) is 5.91 Å². The minimum atomic E-state index is 0.152. The number of carbonyl (C=O) groups is 1. The lowest BCUT2D eigenvalue weighted by Gasteiger charge is -2.32. The lowest BCUT2D eigenvalue weighted by Crippen LogP contribution is -2.39. The fourth-order valence-electron chi connectivity index (χ4n) is 5.22. The number of rotatable bonds is 2. The molecule has 3 heterocycles. The standard InChI is InChI=1S/C24H25N5O/c30-24(18-5-6-21-19(14-18)13-17-3-1-2-4-20(17)21)28-10-7-16(8-11-28)23-27-26-22-15-25-9-12-29(22)23/h1-6,14,16,25H,7-13,15H2. The summed E-state index contributed by atoms with van der Waals surface area (Å²) in [4.78, 5) is 15.2. The van der Waals surface area contributed by atoms with Crippen molar-refractivity contribution in [3.63, 3.8) is 0 Å². The lowest BCUT2D eigenvalue weighted by molar-refractivity contribution is 0.0710. The summed E-state index contributed by atoms with van der Waals surface area (Å²) in [5.74, 6) is 2.69. The first-order valence-electron chi connectivity index (χ1n) is 10.9. The Hall–Kier alpha value is -2.99. The molecule has 3 aromatic rings. The Bertz CT molecular complexity index is 1130. The molecule has 6 rings (SSSR count). The van der Waals surface area contributed by atoms with Crippen LogP contribution in [-0.4, -0.2) is 45.2 Å². The van der Waals surface area contributed by atoms with E-state index in [2.05, 4.69) is 56.5 Å². The maximum atomic E-state index is 13.2. The average Bonchev–Trinajstić information content (AvgIpc) is 3.40. The Morgan fingerprint density at radius 2 is 1.80 bits per heavy atom. The van der Waals surface area contributed by atoms with Gasteiger partial charge in [-0.2, -0.15) is 0 Å². The molecule has 1 saturated heterocycles. The van der Waals surface area contributed by atoms with Crippen LogP contribution in [0.1, 0.15) is 51.9 Å². The second kappa shape index (κ2) is 7.06. The predicted molar refractivity (Wildman–Crippen MR) is 114 cm³/mol. The first kappa shape index (κ1) is 17.8. The highest BCUT2D eigenvalue weighted by Gasteiger charge is 2.29. The van der Waals surface area contributed by atoms with Crippen LogP contribution in [0, 0.1) is 0 Å². The molecule has 0 spiro atoms. The summed E-state index contributed by atoms with van der Waals surface area (Å²) in [6.45, 7) is 4.26. The number of amides is 1. The van der Waals surface area contributed by atoms with E-state index in [9.17, 15) is 4.79 Å². The number of carbonyl (C=O) groups excluding carboxylic acids is 1. The molecule has 6 nitrogen and oxygen atoms in total. The van der Waals surface area contributed by atoms with Crippen LogP contribution >= 0.6 is 0 Å². The molecule has 6 heteroatoms. The van der Waals surface area contributed by atoms with Crippen LogP contribution in [0.25, 0.3) is 11.1 Å². The van der Waals surface area contributed by atoms with Gasteiger partial charge in [0.2, 0.25) is 0 Å². The van der Waals surface area contributed by atoms with Gasteiger partial charge in [0.1, 0.15) is 11.6 Å². The van der Waals surface area contributed by atoms with E-state index < -0.39 is 0 Å². The zero-order valence-electron chi connectivity index (χ0n) is 17.0. The van der Waals surface area contributed by atoms with Gasteiger partial charge >= 0.3 is 0 Å². The van der Waals surface area contributed by atoms with E-state index in [0.717, 1.165) is 69.2 Å². The molecule has 0 radical (unpaired) electrons. The molecule has 1 N–H and O–H groups in total. The van der Waals surface area contributed by atoms with Crippen molar-refractivity contribution in [2.45, 2.75) is 38.3 Å². The van der Waals surface area contributed by atoms with E-state index in [1.807, 2.05) is 11.0 Å². The van der Waals surface area contributed by atoms with Gasteiger partial charge in [0.25, 0.3) is 5.91 Å². The number of nitrogens with one attached hydrogen (secondary N) is 1. The monoisotopic (exact) mass is 399 g/mol. The second-order valence-electron chi connectivity index (χ2n) is 8.58. The predicted octanol–water partition coefficient (Wildman–Crippen LogP) is 2.97. The van der Waals surface area contributed by atoms with Gasteiger partial charge < -0.3 is 14.8 Å². The largest absolute Gasteiger partial charge is 0.339 e. The summed E-state index contributed by atoms with van der Waals surface area (Å²) < 4.78 is 2.27. The van der Waals surface area contributed by atoms with Gasteiger partial charge in [-0.15, -0.1) is 10.2 Å². The van der Waals surface area contributed by atoms with Crippen molar-refractivity contribution >= 4 is 5.91 Å². The van der Waals surface area contributed by atoms with Gasteiger partial charge in [-0.1, -0.05) is 30.3 Å². The Morgan fingerprint density at radius 1 is 0.967 bits per heavy atom. The normalized spacial score (nSPS) is 18.1. The zero-order chi connectivity index (χ0) is 20.1. The van der Waals surface area contributed by atoms with Crippen LogP contribution in [0.3, 0.4) is 0 Å². The molecule has 1 aromatic heterocycles. The highest BCUT2D eigenvalue weighted by molar-refractivity contribution is 5.95. The molecule has 1 fully saturated rings. The molecule has 2 aromatic carbocycles. The minimum absolute atomic E-state index is 0.152. The minimum Gasteiger partial charge on any atom is -0.339 e. The molecule has 1 aliphatic carbocycles. The molecule has 30 heavy (non-hydrogen) atoms. The first-order chi connectivity index (χ1) is 14.8. The summed E-state index contributed by atoms with van der Waals surface area (Å²) >= 11 is 0. The van der Waals surface area contributed by atoms with Crippen molar-refractivity contribution in [1.29, 1.82) is 0 Å². The van der Waals surface area contributed by atoms with Crippen molar-refractivity contribution in [2.24, 2.45) is 0 Å². The lowest BCUT2D eigenvalue weighted by atomic mass is 9.95. The summed E-state index contributed by atoms with van der Waals surface area (Å²) in [6.07, 6.45) is 2.82. The molecular formula is C24H25N5O. The first-order valence-corrected chi connectivity index (χ1v) is 10.9. The topological polar surface area (TPSA) is 63.1 Å². The van der Waals surface area contributed by atoms with E-state index >= 15 is 0 Å². The smallest absolute Gasteiger partial charge is 0.253 e. The molecule has 0 saturated carbocycles. The fraction of sp³-hybridized carbons (Fsp3) is 0.375. The van der Waals surface area contributed by atoms with Gasteiger partial charge in [0, 0.05) is 37.7 Å². The molecule has 0 bridgehead atoms. The van der Waals surface area contributed by atoms with E-state index in [1.54, 1.807) is 0 Å². The molecule has 152 valence electrons. The van der Waals surface area contributed by atoms with Gasteiger partial charge in [-0.3, -0.25) is 4.79 Å². The van der Waals surface area contributed by atoms with E-state index in [4.69, 9.17) is 0 Å². The Balaban J connectivity index is 1.16. The highest BCUT2D eigenvalue weighted by atomic mass is 16.2. The summed E-state index contributed by atoms with van der Waals surface area (Å²) in [5.41, 5.74) is 6.00. The summed E-state index contributed by atoms with van der Waals surface area (Å²) in [5, 5.41) is 12.2. The molecule has 2 aliphatic heterocycles. The molecular weight excluding hydrogens is 374 g/mol. The van der Waals surface area contributed by atoms with Crippen molar-refractivity contribution in [3.05, 3.63) is 70.8 Å². The van der Waals surface area contributed by atoms with Crippen LogP contribution in [0.5, 0.6) is 0 Å². The summed E-state index contributed by atoms with van der Waals surface area (Å²) in [7, 11) is 0. The Kier molecular flexibility index (Phi) is 4.20. The number of piperidine rings is 1. The van der Waals surface area contributed by atoms with E-state index in [0.29, 0.717) is 5.92 Å². The van der Waals surface area contributed by atoms with Gasteiger partial charge in [0.05, 0.1) is 6.54 Å². The van der Waals surface area contributed by atoms with Crippen molar-refractivity contribution < 1.29 is 4.79 Å². The van der Waals surface area contributed by atoms with Crippen molar-refractivity contribution in [2.75, 3.05) is 19.6 Å². The second-order valence-corrected chi connectivity index (χ2v) is 8.58. The SMILES string of the molecule is O=C(c1ccc2c(c1)Cc1ccccc1-2)N1CCC(c2nnc3n2CCNC3)CC1. The number of hydrogen-bond donors (Lipinski definition) is 1. The van der Waals surface area contributed by atoms with Crippen LogP contribution in [-0.2, 0) is 19.5 Å². The maximum Gasteiger partial charge on any atom is 0.253 e. The van der Waals surface area contributed by atoms with Gasteiger partial charge in [0.15, 0.2) is 0 Å². The quantitative estimate of drug-likeness (QED) is 0.563. The maximum absolute atomic E-state index is 13.2. The van der Waals surface area contributed by atoms with Crippen LogP contribution in [0.2, 0.25) is 0 Å². The summed E-state index contributed by atoms with van der Waals surface area (Å²) in [6, 6.07) is 14.7. The molecule has 0 atom stereocenters. The van der Waals surface area contributed by atoms with Crippen LogP contribution in [0.15, 0.2) is 42.5 Å². The number of benzene rings is 2. The third-order valence-electron chi connectivity index (χ3n) is 6.84. The highest BCUT2D eigenvalue weighted by Crippen LogP contribution is 2.37. The Labute approximate surface area is 175 Å². The number of hydrogen-bond acceptors (Lipinski definition) is 4. The van der Waals surface area contributed by atoms with Crippen LogP contribution in [0.4, 0.5) is 0 Å². The van der Waals surface area contributed by atoms with Gasteiger partial charge in [-0.05, 0) is 53.6 Å². The zero-order valence-corrected chi connectivity index (χ0v) is 17.0. The average molecular weight is 399 g/mol. The number of likely N-dealkylation sites (tertiary alicyclic amines) is 1. The number of nitrogens with zero attached hydrogens (tertiary/aromatic N) is 4. The molecule has 0 unspecified atom stereocenters. The van der Waals surface area contributed by atoms with Crippen LogP contribution < -0.4 is 5.32 Å². The van der Waals surface area contributed by atoms with Crippen molar-refractivity contribution in [3.8, 4) is 11.1 Å². The number of aromatic nitrogens is 3.